The molecule has 1 atom stereocenters. The van der Waals surface area contributed by atoms with E-state index in [1.807, 2.05) is 4.90 Å². The fourth-order valence-corrected chi connectivity index (χ4v) is 5.23. The molecule has 9 nitrogen and oxygen atoms in total. The van der Waals surface area contributed by atoms with Gasteiger partial charge in [-0.15, -0.1) is 0 Å². The Morgan fingerprint density at radius 3 is 2.51 bits per heavy atom. The van der Waals surface area contributed by atoms with E-state index in [0.29, 0.717) is 30.2 Å². The Labute approximate surface area is 231 Å². The second-order valence-electron chi connectivity index (χ2n) is 10.3. The Kier molecular flexibility index (Phi) is 6.59. The van der Waals surface area contributed by atoms with Crippen LogP contribution in [0.4, 0.5) is 29.2 Å². The number of piperidine rings is 1. The summed E-state index contributed by atoms with van der Waals surface area (Å²) in [7, 11) is 0. The van der Waals surface area contributed by atoms with Gasteiger partial charge in [0.05, 0.1) is 11.8 Å². The van der Waals surface area contributed by atoms with Crippen molar-refractivity contribution < 1.29 is 27.2 Å². The van der Waals surface area contributed by atoms with Gasteiger partial charge in [-0.25, -0.2) is 15.0 Å². The van der Waals surface area contributed by atoms with Crippen LogP contribution in [0.2, 0.25) is 0 Å². The Bertz CT molecular complexity index is 1650. The predicted octanol–water partition coefficient (Wildman–Crippen LogP) is 4.90. The maximum atomic E-state index is 15.2. The van der Waals surface area contributed by atoms with Gasteiger partial charge >= 0.3 is 6.18 Å². The number of likely N-dealkylation sites (tertiary alicyclic amines) is 1. The molecule has 3 N–H and O–H groups in total. The molecular weight excluding hydrogens is 542 g/mol. The molecule has 2 aliphatic rings. The van der Waals surface area contributed by atoms with E-state index < -0.39 is 23.6 Å². The van der Waals surface area contributed by atoms with Crippen LogP contribution in [0.25, 0.3) is 16.8 Å². The van der Waals surface area contributed by atoms with Crippen molar-refractivity contribution in [3.05, 3.63) is 71.7 Å². The van der Waals surface area contributed by atoms with E-state index in [9.17, 15) is 22.8 Å². The predicted molar refractivity (Wildman–Crippen MR) is 141 cm³/mol. The van der Waals surface area contributed by atoms with Gasteiger partial charge in [0.25, 0.3) is 5.91 Å². The summed E-state index contributed by atoms with van der Waals surface area (Å²) in [6, 6.07) is 7.70. The molecule has 41 heavy (non-hydrogen) atoms. The molecule has 0 spiro atoms. The number of alkyl halides is 3. The zero-order valence-corrected chi connectivity index (χ0v) is 21.7. The van der Waals surface area contributed by atoms with Crippen LogP contribution in [0.5, 0.6) is 0 Å². The fraction of sp³-hybridized carbons (Fsp3) is 0.321. The number of nitrogens with zero attached hydrogens (tertiary/aromatic N) is 5. The molecule has 4 heterocycles. The second kappa shape index (κ2) is 10.1. The van der Waals surface area contributed by atoms with Crippen molar-refractivity contribution in [2.24, 2.45) is 5.92 Å². The molecule has 0 bridgehead atoms. The van der Waals surface area contributed by atoms with Gasteiger partial charge < -0.3 is 16.0 Å². The van der Waals surface area contributed by atoms with Gasteiger partial charge in [0.1, 0.15) is 28.7 Å². The van der Waals surface area contributed by atoms with E-state index in [2.05, 4.69) is 15.3 Å². The zero-order valence-electron chi connectivity index (χ0n) is 21.7. The van der Waals surface area contributed by atoms with E-state index in [1.165, 1.54) is 16.5 Å². The third-order valence-electron chi connectivity index (χ3n) is 7.44. The Hall–Kier alpha value is -4.55. The minimum Gasteiger partial charge on any atom is -0.382 e. The lowest BCUT2D eigenvalue weighted by Gasteiger charge is -2.32. The van der Waals surface area contributed by atoms with Crippen LogP contribution in [-0.2, 0) is 11.0 Å². The number of aromatic nitrogens is 4. The second-order valence-corrected chi connectivity index (χ2v) is 10.3. The van der Waals surface area contributed by atoms with Crippen molar-refractivity contribution in [1.29, 1.82) is 0 Å². The molecule has 0 unspecified atom stereocenters. The molecule has 1 saturated carbocycles. The number of hydrogen-bond donors (Lipinski definition) is 2. The number of benzene rings is 1. The first kappa shape index (κ1) is 26.7. The number of rotatable bonds is 5. The number of fused-ring (bicyclic) bond motifs is 1. The molecule has 1 aliphatic carbocycles. The monoisotopic (exact) mass is 567 g/mol. The summed E-state index contributed by atoms with van der Waals surface area (Å²) in [4.78, 5) is 39.8. The van der Waals surface area contributed by atoms with Crippen molar-refractivity contribution in [2.45, 2.75) is 37.8 Å². The first-order valence-electron chi connectivity index (χ1n) is 13.2. The van der Waals surface area contributed by atoms with Gasteiger partial charge in [-0.3, -0.25) is 14.0 Å². The highest BCUT2D eigenvalue weighted by Gasteiger charge is 2.37. The summed E-state index contributed by atoms with van der Waals surface area (Å²) in [5.41, 5.74) is 6.58. The SMILES string of the molecule is Nc1ncc(F)n2c([C@@H]3CCCN(C(=O)C4CC4)C3)nc(-c3ccc(C(=O)Nc4cc(C(F)(F)F)ccn4)cc3)c12. The molecule has 1 saturated heterocycles. The number of hydrogen-bond acceptors (Lipinski definition) is 6. The summed E-state index contributed by atoms with van der Waals surface area (Å²) in [5.74, 6) is -1.04. The molecule has 2 fully saturated rings. The third-order valence-corrected chi connectivity index (χ3v) is 7.44. The summed E-state index contributed by atoms with van der Waals surface area (Å²) < 4.78 is 55.5. The highest BCUT2D eigenvalue weighted by molar-refractivity contribution is 6.04. The average Bonchev–Trinajstić information content (AvgIpc) is 3.73. The lowest BCUT2D eigenvalue weighted by atomic mass is 9.96. The number of nitrogens with two attached hydrogens (primary N) is 1. The first-order valence-corrected chi connectivity index (χ1v) is 13.2. The maximum absolute atomic E-state index is 15.2. The zero-order chi connectivity index (χ0) is 28.9. The number of amides is 2. The van der Waals surface area contributed by atoms with Crippen LogP contribution in [-0.4, -0.2) is 49.2 Å². The van der Waals surface area contributed by atoms with Crippen LogP contribution in [0, 0.1) is 11.9 Å². The molecule has 4 aromatic rings. The van der Waals surface area contributed by atoms with Gasteiger partial charge in [-0.05, 0) is 49.9 Å². The molecule has 1 aromatic carbocycles. The molecular formula is C28H25F4N7O2. The normalized spacial score (nSPS) is 17.6. The van der Waals surface area contributed by atoms with E-state index in [1.54, 1.807) is 12.1 Å². The van der Waals surface area contributed by atoms with Crippen molar-refractivity contribution in [3.63, 3.8) is 0 Å². The van der Waals surface area contributed by atoms with Crippen LogP contribution in [0.15, 0.2) is 48.8 Å². The van der Waals surface area contributed by atoms with Gasteiger partial charge in [0.2, 0.25) is 11.9 Å². The van der Waals surface area contributed by atoms with E-state index in [4.69, 9.17) is 10.7 Å². The van der Waals surface area contributed by atoms with Gasteiger partial charge in [-0.2, -0.15) is 17.6 Å². The van der Waals surface area contributed by atoms with Crippen molar-refractivity contribution in [2.75, 3.05) is 24.1 Å². The van der Waals surface area contributed by atoms with Crippen molar-refractivity contribution in [3.8, 4) is 11.3 Å². The standard InChI is InChI=1S/C28H25F4N7O2/c29-20-13-35-24(33)23-22(37-25(39(20)23)18-2-1-11-38(14-18)27(41)17-7-8-17)15-3-5-16(6-4-15)26(40)36-21-12-19(9-10-34-21)28(30,31)32/h3-6,9-10,12-13,17-18H,1-2,7-8,11,14H2,(H2,33,35)(H,34,36,40)/t18-/m1/s1. The van der Waals surface area contributed by atoms with E-state index >= 15 is 4.39 Å². The van der Waals surface area contributed by atoms with Gasteiger partial charge in [0, 0.05) is 42.2 Å². The van der Waals surface area contributed by atoms with Crippen molar-refractivity contribution in [1.82, 2.24) is 24.3 Å². The van der Waals surface area contributed by atoms with Crippen LogP contribution in [0.3, 0.4) is 0 Å². The van der Waals surface area contributed by atoms with Crippen LogP contribution in [0.1, 0.15) is 53.3 Å². The summed E-state index contributed by atoms with van der Waals surface area (Å²) >= 11 is 0. The molecule has 6 rings (SSSR count). The lowest BCUT2D eigenvalue weighted by molar-refractivity contribution is -0.137. The summed E-state index contributed by atoms with van der Waals surface area (Å²) in [5, 5.41) is 2.37. The van der Waals surface area contributed by atoms with Gasteiger partial charge in [0.15, 0.2) is 0 Å². The average molecular weight is 568 g/mol. The van der Waals surface area contributed by atoms with Gasteiger partial charge in [-0.1, -0.05) is 12.1 Å². The number of anilines is 2. The van der Waals surface area contributed by atoms with E-state index in [-0.39, 0.29) is 40.5 Å². The fourth-order valence-electron chi connectivity index (χ4n) is 5.23. The smallest absolute Gasteiger partial charge is 0.382 e. The minimum absolute atomic E-state index is 0.0688. The molecule has 13 heteroatoms. The highest BCUT2D eigenvalue weighted by atomic mass is 19.4. The maximum Gasteiger partial charge on any atom is 0.416 e. The molecule has 212 valence electrons. The van der Waals surface area contributed by atoms with E-state index in [0.717, 1.165) is 50.2 Å². The Balaban J connectivity index is 1.29. The summed E-state index contributed by atoms with van der Waals surface area (Å²) in [6.45, 7) is 1.09. The summed E-state index contributed by atoms with van der Waals surface area (Å²) in [6.07, 6.45) is 0.707. The molecule has 3 aromatic heterocycles. The quantitative estimate of drug-likeness (QED) is 0.331. The third kappa shape index (κ3) is 5.19. The number of nitrogens with one attached hydrogen (secondary N) is 1. The Morgan fingerprint density at radius 2 is 1.80 bits per heavy atom. The van der Waals surface area contributed by atoms with Crippen LogP contribution < -0.4 is 11.1 Å². The number of carbonyl (C=O) groups is 2. The molecule has 2 amide bonds. The Morgan fingerprint density at radius 1 is 1.05 bits per heavy atom. The minimum atomic E-state index is -4.57. The number of carbonyl (C=O) groups excluding carboxylic acids is 2. The first-order chi connectivity index (χ1) is 19.6. The molecule has 1 aliphatic heterocycles. The topological polar surface area (TPSA) is 119 Å². The van der Waals surface area contributed by atoms with Crippen molar-refractivity contribution >= 4 is 29.0 Å². The largest absolute Gasteiger partial charge is 0.416 e. The highest BCUT2D eigenvalue weighted by Crippen LogP contribution is 2.37. The van der Waals surface area contributed by atoms with Crippen LogP contribution >= 0.6 is 0 Å². The number of imidazole rings is 1. The number of halogens is 4. The number of nitrogen functional groups attached to an aromatic ring is 1. The lowest BCUT2D eigenvalue weighted by Crippen LogP contribution is -2.40. The number of pyridine rings is 1. The molecule has 0 radical (unpaired) electrons.